The van der Waals surface area contributed by atoms with Crippen LogP contribution in [0.25, 0.3) is 159 Å². The summed E-state index contributed by atoms with van der Waals surface area (Å²) in [4.78, 5) is 15.9. The van der Waals surface area contributed by atoms with Crippen LogP contribution < -0.4 is 0 Å². The average molecular weight is 1050 g/mol. The Morgan fingerprint density at radius 1 is 0.284 bits per heavy atom. The van der Waals surface area contributed by atoms with Gasteiger partial charge in [0, 0.05) is 69.7 Å². The molecule has 81 heavy (non-hydrogen) atoms. The van der Waals surface area contributed by atoms with Gasteiger partial charge in [-0.3, -0.25) is 0 Å². The molecular weight excluding hydrogens is 1000 g/mol. The normalized spacial score (nSPS) is 11.7. The molecule has 0 bridgehead atoms. The predicted molar refractivity (Wildman–Crippen MR) is 338 cm³/mol. The van der Waals surface area contributed by atoms with Gasteiger partial charge in [-0.15, -0.1) is 11.3 Å². The SMILES string of the molecule is c1ccc(-c2cc(-c3ccccc3)cc(-c3cccc(-c4nc(-c5ccccc5)nc(-c5cccc6sc7ccc(-c8ccc9c(c8)c8ccccc8n9-c8ccc(-c9cccc%10c9oc9ccccc9%10)cc8)cc7c56)n4)c3)c2)cc1. The van der Waals surface area contributed by atoms with Crippen LogP contribution in [0.5, 0.6) is 0 Å². The second kappa shape index (κ2) is 19.1. The molecule has 16 rings (SSSR count). The highest BCUT2D eigenvalue weighted by molar-refractivity contribution is 7.26. The molecule has 5 nitrogen and oxygen atoms in total. The van der Waals surface area contributed by atoms with Gasteiger partial charge in [0.2, 0.25) is 0 Å². The summed E-state index contributed by atoms with van der Waals surface area (Å²) in [5, 5.41) is 6.97. The number of rotatable bonds is 9. The number of benzene rings is 12. The molecule has 0 aliphatic rings. The summed E-state index contributed by atoms with van der Waals surface area (Å²) in [5.41, 5.74) is 19.4. The van der Waals surface area contributed by atoms with Crippen LogP contribution in [-0.2, 0) is 0 Å². The van der Waals surface area contributed by atoms with E-state index in [1.165, 1.54) is 36.7 Å². The summed E-state index contributed by atoms with van der Waals surface area (Å²) in [6.45, 7) is 0. The number of para-hydroxylation sites is 3. The van der Waals surface area contributed by atoms with Crippen LogP contribution in [0, 0.1) is 0 Å². The summed E-state index contributed by atoms with van der Waals surface area (Å²) in [6.07, 6.45) is 0. The summed E-state index contributed by atoms with van der Waals surface area (Å²) < 4.78 is 11.2. The molecule has 4 heterocycles. The second-order valence-electron chi connectivity index (χ2n) is 20.7. The van der Waals surface area contributed by atoms with E-state index >= 15 is 0 Å². The fraction of sp³-hybridized carbons (Fsp3) is 0. The van der Waals surface area contributed by atoms with E-state index in [-0.39, 0.29) is 0 Å². The number of furan rings is 1. The molecule has 0 unspecified atom stereocenters. The van der Waals surface area contributed by atoms with Gasteiger partial charge in [-0.05, 0) is 129 Å². The fourth-order valence-corrected chi connectivity index (χ4v) is 13.1. The van der Waals surface area contributed by atoms with Crippen LogP contribution in [0.4, 0.5) is 0 Å². The molecule has 0 radical (unpaired) electrons. The smallest absolute Gasteiger partial charge is 0.164 e. The molecule has 0 aliphatic carbocycles. The summed E-state index contributed by atoms with van der Waals surface area (Å²) >= 11 is 1.80. The van der Waals surface area contributed by atoms with Crippen LogP contribution >= 0.6 is 11.3 Å². The molecular formula is C75H46N4OS. The van der Waals surface area contributed by atoms with Gasteiger partial charge < -0.3 is 8.98 Å². The minimum absolute atomic E-state index is 0.615. The molecule has 0 saturated carbocycles. The largest absolute Gasteiger partial charge is 0.455 e. The summed E-state index contributed by atoms with van der Waals surface area (Å²) in [7, 11) is 0. The lowest BCUT2D eigenvalue weighted by molar-refractivity contribution is 0.670. The fourth-order valence-electron chi connectivity index (χ4n) is 12.0. The molecule has 16 aromatic rings. The minimum Gasteiger partial charge on any atom is -0.455 e. The van der Waals surface area contributed by atoms with Crippen molar-refractivity contribution in [3.63, 3.8) is 0 Å². The number of hydrogen-bond acceptors (Lipinski definition) is 5. The van der Waals surface area contributed by atoms with Crippen LogP contribution in [0.3, 0.4) is 0 Å². The first-order chi connectivity index (χ1) is 40.1. The first-order valence-corrected chi connectivity index (χ1v) is 28.1. The topological polar surface area (TPSA) is 56.7 Å². The molecule has 378 valence electrons. The van der Waals surface area contributed by atoms with Crippen molar-refractivity contribution in [2.24, 2.45) is 0 Å². The maximum absolute atomic E-state index is 6.44. The van der Waals surface area contributed by atoms with Gasteiger partial charge in [-0.25, -0.2) is 15.0 Å². The third kappa shape index (κ3) is 8.11. The van der Waals surface area contributed by atoms with Crippen LogP contribution in [0.15, 0.2) is 283 Å². The van der Waals surface area contributed by atoms with Crippen molar-refractivity contribution in [2.75, 3.05) is 0 Å². The summed E-state index contributed by atoms with van der Waals surface area (Å²) in [5.74, 6) is 1.87. The third-order valence-corrected chi connectivity index (χ3v) is 17.0. The van der Waals surface area contributed by atoms with E-state index in [1.54, 1.807) is 11.3 Å². The minimum atomic E-state index is 0.615. The van der Waals surface area contributed by atoms with Crippen molar-refractivity contribution in [1.82, 2.24) is 19.5 Å². The second-order valence-corrected chi connectivity index (χ2v) is 21.8. The number of fused-ring (bicyclic) bond motifs is 9. The first kappa shape index (κ1) is 46.6. The van der Waals surface area contributed by atoms with E-state index in [0.717, 1.165) is 105 Å². The van der Waals surface area contributed by atoms with Crippen LogP contribution in [-0.4, -0.2) is 19.5 Å². The number of hydrogen-bond donors (Lipinski definition) is 0. The van der Waals surface area contributed by atoms with Gasteiger partial charge >= 0.3 is 0 Å². The lowest BCUT2D eigenvalue weighted by Crippen LogP contribution is -2.00. The van der Waals surface area contributed by atoms with Crippen molar-refractivity contribution in [3.05, 3.63) is 279 Å². The Kier molecular flexibility index (Phi) is 11.0. The van der Waals surface area contributed by atoms with Crippen molar-refractivity contribution in [3.8, 4) is 95.5 Å². The maximum atomic E-state index is 6.44. The van der Waals surface area contributed by atoms with Crippen LogP contribution in [0.2, 0.25) is 0 Å². The molecule has 0 saturated heterocycles. The van der Waals surface area contributed by atoms with Gasteiger partial charge in [-0.1, -0.05) is 200 Å². The first-order valence-electron chi connectivity index (χ1n) is 27.3. The molecule has 0 atom stereocenters. The number of thiophene rings is 1. The zero-order valence-corrected chi connectivity index (χ0v) is 44.5. The standard InChI is InChI=1S/C75H46N4OS/c1-4-17-47(18-5-1)55-42-56(48-19-6-2-7-20-48)44-57(43-55)51-23-14-24-54(41-51)74-76-73(50-21-8-3-9-22-50)77-75(78-74)63-29-16-32-70-71(63)65-46-53(36-40-69(65)81-70)52-35-39-67-64(45-52)60-25-10-12-30-66(60)79(67)58-37-33-49(34-38-58)59-27-15-28-62-61-26-11-13-31-68(61)80-72(59)62/h1-46H. The molecule has 12 aromatic carbocycles. The molecule has 0 aliphatic heterocycles. The Balaban J connectivity index is 0.790. The Hall–Kier alpha value is -10.5. The van der Waals surface area contributed by atoms with Crippen LogP contribution in [0.1, 0.15) is 0 Å². The quantitative estimate of drug-likeness (QED) is 0.145. The molecule has 0 fully saturated rings. The number of aromatic nitrogens is 4. The summed E-state index contributed by atoms with van der Waals surface area (Å²) in [6, 6.07) is 99.5. The molecule has 4 aromatic heterocycles. The highest BCUT2D eigenvalue weighted by Crippen LogP contribution is 2.44. The van der Waals surface area contributed by atoms with Gasteiger partial charge in [0.05, 0.1) is 11.0 Å². The van der Waals surface area contributed by atoms with E-state index in [2.05, 4.69) is 253 Å². The molecule has 0 amide bonds. The van der Waals surface area contributed by atoms with Gasteiger partial charge in [0.1, 0.15) is 11.2 Å². The Morgan fingerprint density at radius 2 is 0.790 bits per heavy atom. The predicted octanol–water partition coefficient (Wildman–Crippen LogP) is 20.6. The zero-order valence-electron chi connectivity index (χ0n) is 43.7. The van der Waals surface area contributed by atoms with E-state index in [9.17, 15) is 0 Å². The molecule has 0 N–H and O–H groups in total. The lowest BCUT2D eigenvalue weighted by Gasteiger charge is -2.13. The Morgan fingerprint density at radius 3 is 1.54 bits per heavy atom. The van der Waals surface area contributed by atoms with Gasteiger partial charge in [-0.2, -0.15) is 0 Å². The molecule has 6 heteroatoms. The lowest BCUT2D eigenvalue weighted by atomic mass is 9.93. The maximum Gasteiger partial charge on any atom is 0.164 e. The molecule has 0 spiro atoms. The van der Waals surface area contributed by atoms with E-state index < -0.39 is 0 Å². The monoisotopic (exact) mass is 1050 g/mol. The van der Waals surface area contributed by atoms with Gasteiger partial charge in [0.15, 0.2) is 17.5 Å². The Bertz CT molecular complexity index is 5040. The van der Waals surface area contributed by atoms with Crippen molar-refractivity contribution < 1.29 is 4.42 Å². The average Bonchev–Trinajstić information content (AvgIpc) is 4.33. The highest BCUT2D eigenvalue weighted by Gasteiger charge is 2.20. The van der Waals surface area contributed by atoms with Crippen molar-refractivity contribution in [1.29, 1.82) is 0 Å². The third-order valence-electron chi connectivity index (χ3n) is 15.9. The van der Waals surface area contributed by atoms with E-state index in [0.29, 0.717) is 17.5 Å². The van der Waals surface area contributed by atoms with Crippen molar-refractivity contribution in [2.45, 2.75) is 0 Å². The van der Waals surface area contributed by atoms with Crippen molar-refractivity contribution >= 4 is 75.3 Å². The Labute approximate surface area is 471 Å². The van der Waals surface area contributed by atoms with E-state index in [1.807, 2.05) is 30.3 Å². The van der Waals surface area contributed by atoms with E-state index in [4.69, 9.17) is 19.4 Å². The highest BCUT2D eigenvalue weighted by atomic mass is 32.1. The number of nitrogens with zero attached hydrogens (tertiary/aromatic N) is 4. The zero-order chi connectivity index (χ0) is 53.4. The van der Waals surface area contributed by atoms with Gasteiger partial charge in [0.25, 0.3) is 0 Å².